The molecule has 20 heavy (non-hydrogen) atoms. The van der Waals surface area contributed by atoms with Crippen LogP contribution in [-0.4, -0.2) is 51.7 Å². The van der Waals surface area contributed by atoms with Crippen LogP contribution in [0.15, 0.2) is 0 Å². The Balaban J connectivity index is 0. The van der Waals surface area contributed by atoms with Crippen LogP contribution < -0.4 is 11.2 Å². The van der Waals surface area contributed by atoms with Crippen LogP contribution in [-0.2, 0) is 19.2 Å². The second-order valence-corrected chi connectivity index (χ2v) is 3.60. The van der Waals surface area contributed by atoms with E-state index in [1.807, 2.05) is 0 Å². The zero-order chi connectivity index (χ0) is 16.1. The maximum atomic E-state index is 10.2. The molecule has 10 nitrogen and oxygen atoms in total. The summed E-state index contributed by atoms with van der Waals surface area (Å²) in [5, 5.41) is 31.0. The van der Waals surface area contributed by atoms with Crippen molar-refractivity contribution in [2.45, 2.75) is 32.2 Å². The number of hydrogen-bond acceptors (Lipinski definition) is 6. The third-order valence-corrected chi connectivity index (χ3v) is 1.63. The first-order chi connectivity index (χ1) is 9.16. The lowest BCUT2D eigenvalue weighted by Crippen LogP contribution is -2.32. The smallest absolute Gasteiger partial charge is 0.320 e. The molecule has 0 aromatic carbocycles. The predicted octanol–water partition coefficient (Wildman–Crippen LogP) is -0.757. The van der Waals surface area contributed by atoms with Crippen molar-refractivity contribution < 1.29 is 34.5 Å². The standard InChI is InChI=1S/C6H13N3O3.C4H6O4/c1-4(7)9-12-3-2-5(8)6(10)11;5-3(6)1-2-4(7)8/h5H,2-3,8H2,1H3,(H2,7,9)(H,10,11);1-2H2,(H,5,6)(H,7,8). The van der Waals surface area contributed by atoms with Crippen molar-refractivity contribution in [3.63, 3.8) is 0 Å². The fourth-order valence-electron chi connectivity index (χ4n) is 0.683. The van der Waals surface area contributed by atoms with E-state index in [-0.39, 0.29) is 31.7 Å². The molecule has 10 heteroatoms. The SMILES string of the molecule is CC(=N)NOCCC(N)C(=O)O.O=C(O)CCC(=O)O. The van der Waals surface area contributed by atoms with Gasteiger partial charge in [0.1, 0.15) is 11.9 Å². The Kier molecular flexibility index (Phi) is 11.9. The number of carboxylic acid groups (broad SMARTS) is 3. The van der Waals surface area contributed by atoms with Gasteiger partial charge in [-0.1, -0.05) is 0 Å². The van der Waals surface area contributed by atoms with Crippen LogP contribution in [0.3, 0.4) is 0 Å². The zero-order valence-corrected chi connectivity index (χ0v) is 11.0. The molecule has 0 saturated carbocycles. The molecule has 0 bridgehead atoms. The maximum Gasteiger partial charge on any atom is 0.320 e. The van der Waals surface area contributed by atoms with Crippen LogP contribution in [0.5, 0.6) is 0 Å². The van der Waals surface area contributed by atoms with Crippen LogP contribution in [0.25, 0.3) is 0 Å². The van der Waals surface area contributed by atoms with E-state index >= 15 is 0 Å². The number of carboxylic acids is 3. The highest BCUT2D eigenvalue weighted by Gasteiger charge is 2.10. The Morgan fingerprint density at radius 3 is 1.95 bits per heavy atom. The first-order valence-corrected chi connectivity index (χ1v) is 5.51. The van der Waals surface area contributed by atoms with Gasteiger partial charge in [0.2, 0.25) is 0 Å². The van der Waals surface area contributed by atoms with Gasteiger partial charge in [0.25, 0.3) is 0 Å². The van der Waals surface area contributed by atoms with E-state index in [0.29, 0.717) is 0 Å². The number of rotatable bonds is 8. The second kappa shape index (κ2) is 11.9. The van der Waals surface area contributed by atoms with Gasteiger partial charge in [0.15, 0.2) is 0 Å². The van der Waals surface area contributed by atoms with E-state index in [1.165, 1.54) is 6.92 Å². The third-order valence-electron chi connectivity index (χ3n) is 1.63. The highest BCUT2D eigenvalue weighted by molar-refractivity contribution is 5.75. The number of hydrogen-bond donors (Lipinski definition) is 6. The van der Waals surface area contributed by atoms with E-state index in [9.17, 15) is 14.4 Å². The molecule has 0 aromatic rings. The summed E-state index contributed by atoms with van der Waals surface area (Å²) in [5.41, 5.74) is 7.45. The van der Waals surface area contributed by atoms with Crippen LogP contribution in [0, 0.1) is 5.41 Å². The van der Waals surface area contributed by atoms with E-state index in [2.05, 4.69) is 5.48 Å². The minimum Gasteiger partial charge on any atom is -0.481 e. The fraction of sp³-hybridized carbons (Fsp3) is 0.600. The number of amidine groups is 1. The molecule has 0 heterocycles. The molecule has 1 atom stereocenters. The lowest BCUT2D eigenvalue weighted by Gasteiger charge is -2.07. The molecule has 0 spiro atoms. The summed E-state index contributed by atoms with van der Waals surface area (Å²) in [6.07, 6.45) is -0.375. The Bertz CT molecular complexity index is 332. The van der Waals surface area contributed by atoms with Crippen molar-refractivity contribution in [3.8, 4) is 0 Å². The molecule has 0 aliphatic heterocycles. The predicted molar refractivity (Wildman–Crippen MR) is 67.2 cm³/mol. The topological polar surface area (TPSA) is 183 Å². The minimum absolute atomic E-state index is 0.166. The Morgan fingerprint density at radius 1 is 1.20 bits per heavy atom. The normalized spacial score (nSPS) is 10.7. The van der Waals surface area contributed by atoms with Crippen LogP contribution in [0.2, 0.25) is 0 Å². The van der Waals surface area contributed by atoms with Crippen LogP contribution >= 0.6 is 0 Å². The minimum atomic E-state index is -1.08. The average molecular weight is 293 g/mol. The molecule has 0 radical (unpaired) electrons. The van der Waals surface area contributed by atoms with Crippen molar-refractivity contribution >= 4 is 23.7 Å². The summed E-state index contributed by atoms with van der Waals surface area (Å²) in [5.74, 6) is -3.04. The highest BCUT2D eigenvalue weighted by atomic mass is 16.6. The molecule has 0 fully saturated rings. The maximum absolute atomic E-state index is 10.2. The quantitative estimate of drug-likeness (QED) is 0.145. The van der Waals surface area contributed by atoms with Crippen molar-refractivity contribution in [3.05, 3.63) is 0 Å². The van der Waals surface area contributed by atoms with Gasteiger partial charge in [0, 0.05) is 0 Å². The van der Waals surface area contributed by atoms with E-state index < -0.39 is 23.9 Å². The fourth-order valence-corrected chi connectivity index (χ4v) is 0.683. The molecule has 0 rings (SSSR count). The van der Waals surface area contributed by atoms with Crippen molar-refractivity contribution in [2.75, 3.05) is 6.61 Å². The van der Waals surface area contributed by atoms with Gasteiger partial charge >= 0.3 is 17.9 Å². The number of hydroxylamine groups is 1. The number of carbonyl (C=O) groups is 3. The number of aliphatic carboxylic acids is 3. The largest absolute Gasteiger partial charge is 0.481 e. The zero-order valence-electron chi connectivity index (χ0n) is 11.0. The summed E-state index contributed by atoms with van der Waals surface area (Å²) in [6.45, 7) is 1.68. The molecule has 0 saturated heterocycles. The van der Waals surface area contributed by atoms with Crippen molar-refractivity contribution in [2.24, 2.45) is 5.73 Å². The Labute approximate surface area is 115 Å². The molecule has 0 aromatic heterocycles. The summed E-state index contributed by atoms with van der Waals surface area (Å²) < 4.78 is 0. The van der Waals surface area contributed by atoms with Gasteiger partial charge in [-0.3, -0.25) is 30.1 Å². The van der Waals surface area contributed by atoms with Gasteiger partial charge in [-0.15, -0.1) is 0 Å². The Morgan fingerprint density at radius 2 is 1.65 bits per heavy atom. The van der Waals surface area contributed by atoms with E-state index in [0.717, 1.165) is 0 Å². The van der Waals surface area contributed by atoms with Crippen molar-refractivity contribution in [1.82, 2.24) is 5.48 Å². The monoisotopic (exact) mass is 293 g/mol. The Hall–Kier alpha value is -2.20. The first kappa shape index (κ1) is 20.1. The van der Waals surface area contributed by atoms with E-state index in [1.54, 1.807) is 0 Å². The number of nitrogens with one attached hydrogen (secondary N) is 2. The van der Waals surface area contributed by atoms with Crippen molar-refractivity contribution in [1.29, 1.82) is 5.41 Å². The van der Waals surface area contributed by atoms with Gasteiger partial charge in [-0.25, -0.2) is 0 Å². The van der Waals surface area contributed by atoms with E-state index in [4.69, 9.17) is 31.3 Å². The summed E-state index contributed by atoms with van der Waals surface area (Å²) in [7, 11) is 0. The highest BCUT2D eigenvalue weighted by Crippen LogP contribution is 1.87. The molecule has 116 valence electrons. The lowest BCUT2D eigenvalue weighted by atomic mass is 10.2. The molecule has 0 aliphatic carbocycles. The molecule has 7 N–H and O–H groups in total. The molecule has 0 amide bonds. The molecular weight excluding hydrogens is 274 g/mol. The van der Waals surface area contributed by atoms with Gasteiger partial charge in [-0.05, 0) is 13.3 Å². The number of nitrogens with two attached hydrogens (primary N) is 1. The first-order valence-electron chi connectivity index (χ1n) is 5.51. The molecular formula is C10H19N3O7. The van der Waals surface area contributed by atoms with Crippen LogP contribution in [0.4, 0.5) is 0 Å². The lowest BCUT2D eigenvalue weighted by molar-refractivity contribution is -0.143. The summed E-state index contributed by atoms with van der Waals surface area (Å²) in [6, 6.07) is -0.905. The van der Waals surface area contributed by atoms with Gasteiger partial charge in [-0.2, -0.15) is 0 Å². The van der Waals surface area contributed by atoms with Gasteiger partial charge in [0.05, 0.1) is 19.4 Å². The second-order valence-electron chi connectivity index (χ2n) is 3.60. The summed E-state index contributed by atoms with van der Waals surface area (Å²) >= 11 is 0. The molecule has 0 aliphatic rings. The average Bonchev–Trinajstić information content (AvgIpc) is 2.32. The summed E-state index contributed by atoms with van der Waals surface area (Å²) in [4.78, 5) is 34.2. The van der Waals surface area contributed by atoms with Gasteiger partial charge < -0.3 is 21.1 Å². The third kappa shape index (κ3) is 18.2. The van der Waals surface area contributed by atoms with Crippen LogP contribution in [0.1, 0.15) is 26.2 Å². The molecule has 1 unspecified atom stereocenters.